The van der Waals surface area contributed by atoms with E-state index in [1.165, 1.54) is 16.8 Å². The highest BCUT2D eigenvalue weighted by molar-refractivity contribution is 5.94. The third-order valence-electron chi connectivity index (χ3n) is 6.09. The average molecular weight is 336 g/mol. The molecule has 0 radical (unpaired) electrons. The van der Waals surface area contributed by atoms with Crippen LogP contribution in [0, 0.1) is 18.8 Å². The second-order valence-corrected chi connectivity index (χ2v) is 7.76. The van der Waals surface area contributed by atoms with Crippen LogP contribution in [0.2, 0.25) is 0 Å². The van der Waals surface area contributed by atoms with Gasteiger partial charge in [-0.3, -0.25) is 4.79 Å². The molecule has 3 heterocycles. The number of fused-ring (bicyclic) bond motifs is 2. The molecule has 3 aliphatic rings. The van der Waals surface area contributed by atoms with Crippen LogP contribution in [0.4, 0.5) is 0 Å². The van der Waals surface area contributed by atoms with Gasteiger partial charge in [0, 0.05) is 37.4 Å². The van der Waals surface area contributed by atoms with E-state index in [0.717, 1.165) is 51.1 Å². The topological polar surface area (TPSA) is 50.2 Å². The van der Waals surface area contributed by atoms with Crippen LogP contribution in [-0.2, 0) is 12.8 Å². The van der Waals surface area contributed by atoms with Gasteiger partial charge in [0.05, 0.1) is 5.69 Å². The van der Waals surface area contributed by atoms with Crippen LogP contribution >= 0.6 is 0 Å². The number of amides is 1. The summed E-state index contributed by atoms with van der Waals surface area (Å²) in [5.41, 5.74) is 5.40. The lowest BCUT2D eigenvalue weighted by molar-refractivity contribution is 0.0774. The van der Waals surface area contributed by atoms with Gasteiger partial charge in [-0.25, -0.2) is 4.68 Å². The standard InChI is InChI=1S/C20H24N4O/c1-13-5-7-16(8-6-13)24-18-4-2-3-17(18)19(22-24)20(25)23-11-14-9-21-10-15(14)12-23/h5-8,14-15,21H,2-4,9-12H2,1H3/t14-,15+. The molecule has 5 rings (SSSR count). The molecule has 0 unspecified atom stereocenters. The largest absolute Gasteiger partial charge is 0.337 e. The molecule has 1 N–H and O–H groups in total. The highest BCUT2D eigenvalue weighted by Crippen LogP contribution is 2.31. The van der Waals surface area contributed by atoms with Crippen molar-refractivity contribution in [2.75, 3.05) is 26.2 Å². The van der Waals surface area contributed by atoms with Gasteiger partial charge in [0.25, 0.3) is 5.91 Å². The number of hydrogen-bond acceptors (Lipinski definition) is 3. The Labute approximate surface area is 148 Å². The molecule has 2 atom stereocenters. The minimum absolute atomic E-state index is 0.137. The summed E-state index contributed by atoms with van der Waals surface area (Å²) in [5, 5.41) is 8.22. The van der Waals surface area contributed by atoms with Crippen molar-refractivity contribution < 1.29 is 4.79 Å². The Morgan fingerprint density at radius 1 is 1.12 bits per heavy atom. The number of carbonyl (C=O) groups is 1. The molecular formula is C20H24N4O. The van der Waals surface area contributed by atoms with E-state index in [0.29, 0.717) is 17.5 Å². The summed E-state index contributed by atoms with van der Waals surface area (Å²) in [7, 11) is 0. The highest BCUT2D eigenvalue weighted by atomic mass is 16.2. The number of aryl methyl sites for hydroxylation is 1. The van der Waals surface area contributed by atoms with Crippen LogP contribution in [0.1, 0.15) is 33.7 Å². The zero-order valence-electron chi connectivity index (χ0n) is 14.7. The SMILES string of the molecule is Cc1ccc(-n2nc(C(=O)N3C[C@H]4CNC[C@H]4C3)c3c2CCC3)cc1. The Kier molecular flexibility index (Phi) is 3.45. The first kappa shape index (κ1) is 15.1. The maximum atomic E-state index is 13.2. The minimum atomic E-state index is 0.137. The van der Waals surface area contributed by atoms with E-state index in [1.807, 2.05) is 9.58 Å². The first-order valence-corrected chi connectivity index (χ1v) is 9.38. The smallest absolute Gasteiger partial charge is 0.274 e. The molecule has 2 aromatic rings. The van der Waals surface area contributed by atoms with Crippen molar-refractivity contribution in [1.29, 1.82) is 0 Å². The average Bonchev–Trinajstić information content (AvgIpc) is 3.35. The van der Waals surface area contributed by atoms with Crippen molar-refractivity contribution in [2.24, 2.45) is 11.8 Å². The van der Waals surface area contributed by atoms with Crippen molar-refractivity contribution in [1.82, 2.24) is 20.0 Å². The number of carbonyl (C=O) groups excluding carboxylic acids is 1. The number of likely N-dealkylation sites (tertiary alicyclic amines) is 1. The second-order valence-electron chi connectivity index (χ2n) is 7.76. The molecule has 1 amide bonds. The summed E-state index contributed by atoms with van der Waals surface area (Å²) in [6.07, 6.45) is 3.11. The molecule has 0 spiro atoms. The van der Waals surface area contributed by atoms with Gasteiger partial charge in [0.1, 0.15) is 0 Å². The van der Waals surface area contributed by atoms with E-state index >= 15 is 0 Å². The van der Waals surface area contributed by atoms with Gasteiger partial charge in [0.2, 0.25) is 0 Å². The van der Waals surface area contributed by atoms with E-state index in [1.54, 1.807) is 0 Å². The summed E-state index contributed by atoms with van der Waals surface area (Å²) < 4.78 is 2.01. The van der Waals surface area contributed by atoms with Crippen LogP contribution in [0.15, 0.2) is 24.3 Å². The second kappa shape index (κ2) is 5.70. The predicted molar refractivity (Wildman–Crippen MR) is 96.1 cm³/mol. The molecular weight excluding hydrogens is 312 g/mol. The van der Waals surface area contributed by atoms with Gasteiger partial charge in [-0.15, -0.1) is 0 Å². The lowest BCUT2D eigenvalue weighted by Gasteiger charge is -2.16. The van der Waals surface area contributed by atoms with Gasteiger partial charge in [0.15, 0.2) is 5.69 Å². The maximum absolute atomic E-state index is 13.2. The van der Waals surface area contributed by atoms with E-state index in [9.17, 15) is 4.79 Å². The number of aromatic nitrogens is 2. The van der Waals surface area contributed by atoms with Crippen LogP contribution in [0.3, 0.4) is 0 Å². The summed E-state index contributed by atoms with van der Waals surface area (Å²) in [4.78, 5) is 15.2. The molecule has 5 nitrogen and oxygen atoms in total. The Bertz CT molecular complexity index is 811. The molecule has 130 valence electrons. The molecule has 25 heavy (non-hydrogen) atoms. The Morgan fingerprint density at radius 2 is 1.84 bits per heavy atom. The van der Waals surface area contributed by atoms with Crippen LogP contribution in [0.5, 0.6) is 0 Å². The molecule has 1 aliphatic carbocycles. The molecule has 2 saturated heterocycles. The first-order valence-electron chi connectivity index (χ1n) is 9.38. The number of nitrogens with one attached hydrogen (secondary N) is 1. The zero-order chi connectivity index (χ0) is 17.0. The minimum Gasteiger partial charge on any atom is -0.337 e. The summed E-state index contributed by atoms with van der Waals surface area (Å²) in [6.45, 7) is 5.94. The number of nitrogens with zero attached hydrogens (tertiary/aromatic N) is 3. The normalized spacial score (nSPS) is 24.6. The number of benzene rings is 1. The van der Waals surface area contributed by atoms with Crippen molar-refractivity contribution in [3.05, 3.63) is 46.8 Å². The van der Waals surface area contributed by atoms with Crippen LogP contribution in [-0.4, -0.2) is 46.8 Å². The van der Waals surface area contributed by atoms with Gasteiger partial charge >= 0.3 is 0 Å². The van der Waals surface area contributed by atoms with Crippen molar-refractivity contribution in [3.8, 4) is 5.69 Å². The molecule has 5 heteroatoms. The first-order chi connectivity index (χ1) is 12.2. The molecule has 0 bridgehead atoms. The summed E-state index contributed by atoms with van der Waals surface area (Å²) in [6, 6.07) is 8.41. The Hall–Kier alpha value is -2.14. The van der Waals surface area contributed by atoms with E-state index in [4.69, 9.17) is 5.10 Å². The Balaban J connectivity index is 1.49. The van der Waals surface area contributed by atoms with Crippen molar-refractivity contribution in [3.63, 3.8) is 0 Å². The van der Waals surface area contributed by atoms with Gasteiger partial charge in [-0.2, -0.15) is 5.10 Å². The third-order valence-corrected chi connectivity index (χ3v) is 6.09. The zero-order valence-corrected chi connectivity index (χ0v) is 14.7. The fourth-order valence-electron chi connectivity index (χ4n) is 4.68. The fourth-order valence-corrected chi connectivity index (χ4v) is 4.68. The van der Waals surface area contributed by atoms with Gasteiger partial charge in [-0.05, 0) is 50.2 Å². The summed E-state index contributed by atoms with van der Waals surface area (Å²) >= 11 is 0. The monoisotopic (exact) mass is 336 g/mol. The van der Waals surface area contributed by atoms with Crippen LogP contribution in [0.25, 0.3) is 5.69 Å². The predicted octanol–water partition coefficient (Wildman–Crippen LogP) is 1.96. The van der Waals surface area contributed by atoms with Crippen molar-refractivity contribution in [2.45, 2.75) is 26.2 Å². The van der Waals surface area contributed by atoms with Gasteiger partial charge < -0.3 is 10.2 Å². The van der Waals surface area contributed by atoms with Gasteiger partial charge in [-0.1, -0.05) is 17.7 Å². The lowest BCUT2D eigenvalue weighted by Crippen LogP contribution is -2.32. The molecule has 1 aromatic heterocycles. The van der Waals surface area contributed by atoms with E-state index < -0.39 is 0 Å². The number of rotatable bonds is 2. The molecule has 2 aliphatic heterocycles. The quantitative estimate of drug-likeness (QED) is 0.912. The summed E-state index contributed by atoms with van der Waals surface area (Å²) in [5.74, 6) is 1.38. The molecule has 0 saturated carbocycles. The Morgan fingerprint density at radius 3 is 2.56 bits per heavy atom. The van der Waals surface area contributed by atoms with E-state index in [2.05, 4.69) is 36.5 Å². The van der Waals surface area contributed by atoms with E-state index in [-0.39, 0.29) is 5.91 Å². The fraction of sp³-hybridized carbons (Fsp3) is 0.500. The number of hydrogen-bond donors (Lipinski definition) is 1. The third kappa shape index (κ3) is 2.41. The van der Waals surface area contributed by atoms with Crippen molar-refractivity contribution >= 4 is 5.91 Å². The molecule has 1 aromatic carbocycles. The lowest BCUT2D eigenvalue weighted by atomic mass is 10.0. The molecule has 2 fully saturated rings. The maximum Gasteiger partial charge on any atom is 0.274 e. The highest BCUT2D eigenvalue weighted by Gasteiger charge is 2.40. The van der Waals surface area contributed by atoms with Crippen LogP contribution < -0.4 is 5.32 Å².